The molecule has 0 spiro atoms. The second-order valence-electron chi connectivity index (χ2n) is 3.80. The van der Waals surface area contributed by atoms with Gasteiger partial charge in [-0.25, -0.2) is 4.98 Å². The van der Waals surface area contributed by atoms with E-state index in [2.05, 4.69) is 15.4 Å². The molecule has 2 heterocycles. The van der Waals surface area contributed by atoms with Gasteiger partial charge in [0.1, 0.15) is 0 Å². The molecule has 0 unspecified atom stereocenters. The first kappa shape index (κ1) is 10.6. The molecule has 2 rings (SSSR count). The van der Waals surface area contributed by atoms with Crippen LogP contribution in [0.3, 0.4) is 0 Å². The van der Waals surface area contributed by atoms with Gasteiger partial charge in [0.05, 0.1) is 16.6 Å². The highest BCUT2D eigenvalue weighted by molar-refractivity contribution is 6.06. The standard InChI is InChI=1S/C11H14N4O/c1-6-5-8(11(16)12-3)9-7(2)14-15(4)10(9)13-6/h5H,1-4H3,(H,12,16). The Bertz CT molecular complexity index is 571. The number of fused-ring (bicyclic) bond motifs is 1. The molecule has 0 aromatic carbocycles. The van der Waals surface area contributed by atoms with Crippen LogP contribution in [0.15, 0.2) is 6.07 Å². The third-order valence-corrected chi connectivity index (χ3v) is 2.57. The molecule has 5 heteroatoms. The van der Waals surface area contributed by atoms with Crippen molar-refractivity contribution in [1.29, 1.82) is 0 Å². The number of rotatable bonds is 1. The lowest BCUT2D eigenvalue weighted by Gasteiger charge is -2.04. The van der Waals surface area contributed by atoms with Crippen molar-refractivity contribution in [3.63, 3.8) is 0 Å². The molecule has 0 saturated carbocycles. The smallest absolute Gasteiger partial charge is 0.251 e. The summed E-state index contributed by atoms with van der Waals surface area (Å²) in [5.74, 6) is -0.105. The van der Waals surface area contributed by atoms with E-state index in [4.69, 9.17) is 0 Å². The SMILES string of the molecule is CNC(=O)c1cc(C)nc2c1c(C)nn2C. The molecule has 0 bridgehead atoms. The lowest BCUT2D eigenvalue weighted by molar-refractivity contribution is 0.0964. The Kier molecular flexibility index (Phi) is 2.38. The first-order valence-electron chi connectivity index (χ1n) is 5.07. The molecule has 0 aliphatic heterocycles. The second-order valence-corrected chi connectivity index (χ2v) is 3.80. The molecule has 0 aliphatic carbocycles. The summed E-state index contributed by atoms with van der Waals surface area (Å²) >= 11 is 0. The third-order valence-electron chi connectivity index (χ3n) is 2.57. The number of carbonyl (C=O) groups excluding carboxylic acids is 1. The number of nitrogens with zero attached hydrogens (tertiary/aromatic N) is 3. The van der Waals surface area contributed by atoms with E-state index in [1.165, 1.54) is 0 Å². The van der Waals surface area contributed by atoms with Crippen LogP contribution in [0.2, 0.25) is 0 Å². The fourth-order valence-electron chi connectivity index (χ4n) is 1.88. The molecule has 0 aliphatic rings. The number of aryl methyl sites for hydroxylation is 3. The molecule has 0 radical (unpaired) electrons. The number of carbonyl (C=O) groups is 1. The minimum atomic E-state index is -0.105. The highest BCUT2D eigenvalue weighted by Gasteiger charge is 2.16. The number of hydrogen-bond donors (Lipinski definition) is 1. The average molecular weight is 218 g/mol. The lowest BCUT2D eigenvalue weighted by atomic mass is 10.1. The summed E-state index contributed by atoms with van der Waals surface area (Å²) in [6, 6.07) is 1.79. The summed E-state index contributed by atoms with van der Waals surface area (Å²) in [4.78, 5) is 16.2. The predicted octanol–water partition coefficient (Wildman–Crippen LogP) is 0.945. The van der Waals surface area contributed by atoms with Crippen LogP contribution >= 0.6 is 0 Å². The molecule has 84 valence electrons. The number of pyridine rings is 1. The van der Waals surface area contributed by atoms with E-state index in [1.807, 2.05) is 20.9 Å². The van der Waals surface area contributed by atoms with Crippen LogP contribution in [-0.2, 0) is 7.05 Å². The summed E-state index contributed by atoms with van der Waals surface area (Å²) in [6.45, 7) is 3.75. The van der Waals surface area contributed by atoms with Crippen LogP contribution in [0, 0.1) is 13.8 Å². The van der Waals surface area contributed by atoms with E-state index in [9.17, 15) is 4.79 Å². The second kappa shape index (κ2) is 3.59. The summed E-state index contributed by atoms with van der Waals surface area (Å²) in [6.07, 6.45) is 0. The van der Waals surface area contributed by atoms with Crippen molar-refractivity contribution in [1.82, 2.24) is 20.1 Å². The summed E-state index contributed by atoms with van der Waals surface area (Å²) in [5.41, 5.74) is 3.02. The van der Waals surface area contributed by atoms with Crippen molar-refractivity contribution < 1.29 is 4.79 Å². The van der Waals surface area contributed by atoms with Crippen LogP contribution in [0.25, 0.3) is 11.0 Å². The van der Waals surface area contributed by atoms with E-state index < -0.39 is 0 Å². The van der Waals surface area contributed by atoms with Gasteiger partial charge in [0.2, 0.25) is 0 Å². The van der Waals surface area contributed by atoms with Crippen LogP contribution in [-0.4, -0.2) is 27.7 Å². The van der Waals surface area contributed by atoms with Gasteiger partial charge in [0, 0.05) is 19.8 Å². The first-order chi connectivity index (χ1) is 7.54. The maximum atomic E-state index is 11.8. The monoisotopic (exact) mass is 218 g/mol. The molecular weight excluding hydrogens is 204 g/mol. The van der Waals surface area contributed by atoms with Crippen molar-refractivity contribution in [2.75, 3.05) is 7.05 Å². The molecule has 0 fully saturated rings. The van der Waals surface area contributed by atoms with Crippen molar-refractivity contribution in [3.05, 3.63) is 23.0 Å². The van der Waals surface area contributed by atoms with Gasteiger partial charge in [-0.1, -0.05) is 0 Å². The number of amides is 1. The van der Waals surface area contributed by atoms with Crippen molar-refractivity contribution in [3.8, 4) is 0 Å². The number of aromatic nitrogens is 3. The Labute approximate surface area is 93.5 Å². The van der Waals surface area contributed by atoms with E-state index >= 15 is 0 Å². The van der Waals surface area contributed by atoms with Crippen molar-refractivity contribution >= 4 is 16.9 Å². The molecular formula is C11H14N4O. The molecule has 0 saturated heterocycles. The zero-order valence-corrected chi connectivity index (χ0v) is 9.83. The minimum Gasteiger partial charge on any atom is -0.355 e. The molecule has 0 atom stereocenters. The fraction of sp³-hybridized carbons (Fsp3) is 0.364. The Morgan fingerprint density at radius 2 is 2.12 bits per heavy atom. The maximum absolute atomic E-state index is 11.8. The van der Waals surface area contributed by atoms with E-state index in [1.54, 1.807) is 17.8 Å². The van der Waals surface area contributed by atoms with Gasteiger partial charge < -0.3 is 5.32 Å². The van der Waals surface area contributed by atoms with Gasteiger partial charge in [-0.3, -0.25) is 9.48 Å². The minimum absolute atomic E-state index is 0.105. The zero-order chi connectivity index (χ0) is 11.9. The third kappa shape index (κ3) is 1.44. The molecule has 1 amide bonds. The van der Waals surface area contributed by atoms with Crippen LogP contribution < -0.4 is 5.32 Å². The van der Waals surface area contributed by atoms with E-state index in [0.29, 0.717) is 5.56 Å². The van der Waals surface area contributed by atoms with Gasteiger partial charge >= 0.3 is 0 Å². The number of nitrogens with one attached hydrogen (secondary N) is 1. The van der Waals surface area contributed by atoms with Crippen LogP contribution in [0.1, 0.15) is 21.7 Å². The van der Waals surface area contributed by atoms with Gasteiger partial charge in [-0.05, 0) is 19.9 Å². The van der Waals surface area contributed by atoms with Crippen molar-refractivity contribution in [2.24, 2.45) is 7.05 Å². The molecule has 5 nitrogen and oxygen atoms in total. The van der Waals surface area contributed by atoms with Crippen molar-refractivity contribution in [2.45, 2.75) is 13.8 Å². The van der Waals surface area contributed by atoms with Gasteiger partial charge in [-0.15, -0.1) is 0 Å². The lowest BCUT2D eigenvalue weighted by Crippen LogP contribution is -2.18. The Morgan fingerprint density at radius 1 is 1.44 bits per heavy atom. The Hall–Kier alpha value is -1.91. The van der Waals surface area contributed by atoms with Crippen LogP contribution in [0.4, 0.5) is 0 Å². The molecule has 16 heavy (non-hydrogen) atoms. The largest absolute Gasteiger partial charge is 0.355 e. The van der Waals surface area contributed by atoms with E-state index in [-0.39, 0.29) is 5.91 Å². The topological polar surface area (TPSA) is 59.8 Å². The summed E-state index contributed by atoms with van der Waals surface area (Å²) in [7, 11) is 3.45. The van der Waals surface area contributed by atoms with Gasteiger partial charge in [0.15, 0.2) is 5.65 Å². The molecule has 1 N–H and O–H groups in total. The van der Waals surface area contributed by atoms with Gasteiger partial charge in [-0.2, -0.15) is 5.10 Å². The Balaban J connectivity index is 2.86. The zero-order valence-electron chi connectivity index (χ0n) is 9.83. The van der Waals surface area contributed by atoms with Crippen LogP contribution in [0.5, 0.6) is 0 Å². The molecule has 2 aromatic rings. The quantitative estimate of drug-likeness (QED) is 0.775. The summed E-state index contributed by atoms with van der Waals surface area (Å²) in [5, 5.41) is 7.74. The predicted molar refractivity (Wildman–Crippen MR) is 61.4 cm³/mol. The number of hydrogen-bond acceptors (Lipinski definition) is 3. The first-order valence-corrected chi connectivity index (χ1v) is 5.07. The Morgan fingerprint density at radius 3 is 2.75 bits per heavy atom. The van der Waals surface area contributed by atoms with E-state index in [0.717, 1.165) is 22.4 Å². The highest BCUT2D eigenvalue weighted by Crippen LogP contribution is 2.21. The molecule has 2 aromatic heterocycles. The maximum Gasteiger partial charge on any atom is 0.251 e. The average Bonchev–Trinajstić information content (AvgIpc) is 2.52. The fourth-order valence-corrected chi connectivity index (χ4v) is 1.88. The highest BCUT2D eigenvalue weighted by atomic mass is 16.1. The summed E-state index contributed by atoms with van der Waals surface area (Å²) < 4.78 is 1.70. The normalized spacial score (nSPS) is 10.8. The van der Waals surface area contributed by atoms with Gasteiger partial charge in [0.25, 0.3) is 5.91 Å².